The van der Waals surface area contributed by atoms with Crippen LogP contribution in [0.15, 0.2) is 0 Å². The van der Waals surface area contributed by atoms with Crippen LogP contribution in [0.2, 0.25) is 0 Å². The van der Waals surface area contributed by atoms with Gasteiger partial charge in [-0.05, 0) is 50.9 Å². The Morgan fingerprint density at radius 1 is 0.958 bits per heavy atom. The first kappa shape index (κ1) is 18.6. The van der Waals surface area contributed by atoms with Crippen LogP contribution in [0.3, 0.4) is 0 Å². The van der Waals surface area contributed by atoms with Crippen LogP contribution in [0.4, 0.5) is 0 Å². The minimum Gasteiger partial charge on any atom is -0.404 e. The average Bonchev–Trinajstić information content (AvgIpc) is 3.08. The molecule has 2 saturated carbocycles. The van der Waals surface area contributed by atoms with E-state index in [1.54, 1.807) is 0 Å². The topological polar surface area (TPSA) is 42.2 Å². The van der Waals surface area contributed by atoms with Gasteiger partial charge in [-0.2, -0.15) is 5.26 Å². The maximum absolute atomic E-state index is 9.05. The first-order valence-electron chi connectivity index (χ1n) is 10.0. The van der Waals surface area contributed by atoms with Crippen LogP contribution in [-0.4, -0.2) is 24.6 Å². The fraction of sp³-hybridized carbons (Fsp3) is 0.947. The highest BCUT2D eigenvalue weighted by molar-refractivity contribution is 6.59. The van der Waals surface area contributed by atoms with Crippen LogP contribution in [-0.2, 0) is 9.31 Å². The van der Waals surface area contributed by atoms with Gasteiger partial charge in [0, 0.05) is 5.92 Å². The number of hydrogen-bond donors (Lipinski definition) is 0. The van der Waals surface area contributed by atoms with E-state index in [1.807, 2.05) is 6.92 Å². The van der Waals surface area contributed by atoms with E-state index in [0.717, 1.165) is 0 Å². The molecule has 3 aliphatic rings. The molecule has 0 amide bonds. The molecule has 1 aliphatic heterocycles. The van der Waals surface area contributed by atoms with Crippen molar-refractivity contribution in [1.29, 1.82) is 5.26 Å². The molecule has 4 atom stereocenters. The van der Waals surface area contributed by atoms with Crippen molar-refractivity contribution in [1.82, 2.24) is 0 Å². The third kappa shape index (κ3) is 4.48. The Morgan fingerprint density at radius 2 is 1.42 bits per heavy atom. The lowest BCUT2D eigenvalue weighted by Gasteiger charge is -2.35. The highest BCUT2D eigenvalue weighted by atomic mass is 35.5. The number of rotatable bonds is 5. The molecule has 3 rings (SSSR count). The van der Waals surface area contributed by atoms with Crippen LogP contribution in [0.1, 0.15) is 77.6 Å². The normalized spacial score (nSPS) is 32.5. The fourth-order valence-corrected chi connectivity index (χ4v) is 5.24. The Morgan fingerprint density at radius 3 is 1.83 bits per heavy atom. The molecule has 134 valence electrons. The molecule has 0 radical (unpaired) electrons. The van der Waals surface area contributed by atoms with Crippen molar-refractivity contribution in [3.8, 4) is 6.07 Å². The Kier molecular flexibility index (Phi) is 6.90. The molecule has 24 heavy (non-hydrogen) atoms. The van der Waals surface area contributed by atoms with Gasteiger partial charge in [0.1, 0.15) is 0 Å². The molecule has 2 aliphatic carbocycles. The molecule has 1 heterocycles. The van der Waals surface area contributed by atoms with Crippen LogP contribution in [0.5, 0.6) is 0 Å². The fourth-order valence-electron chi connectivity index (χ4n) is 4.85. The zero-order valence-electron chi connectivity index (χ0n) is 15.0. The van der Waals surface area contributed by atoms with Crippen LogP contribution >= 0.6 is 11.6 Å². The zero-order chi connectivity index (χ0) is 16.9. The molecule has 1 saturated heterocycles. The van der Waals surface area contributed by atoms with E-state index in [9.17, 15) is 0 Å². The zero-order valence-corrected chi connectivity index (χ0v) is 15.7. The summed E-state index contributed by atoms with van der Waals surface area (Å²) in [5.41, 5.74) is 0. The number of nitrogens with zero attached hydrogens (tertiary/aromatic N) is 1. The van der Waals surface area contributed by atoms with Gasteiger partial charge < -0.3 is 9.31 Å². The van der Waals surface area contributed by atoms with E-state index in [0.29, 0.717) is 18.3 Å². The minimum absolute atomic E-state index is 0.0541. The summed E-state index contributed by atoms with van der Waals surface area (Å²) < 4.78 is 12.8. The van der Waals surface area contributed by atoms with Crippen LogP contribution in [0.25, 0.3) is 0 Å². The smallest absolute Gasteiger partial charge is 0.404 e. The Balaban J connectivity index is 1.67. The monoisotopic (exact) mass is 351 g/mol. The highest BCUT2D eigenvalue weighted by Crippen LogP contribution is 2.41. The minimum atomic E-state index is -0.332. The van der Waals surface area contributed by atoms with Gasteiger partial charge in [0.2, 0.25) is 0 Å². The number of alkyl halides is 1. The van der Waals surface area contributed by atoms with Crippen molar-refractivity contribution in [2.45, 2.75) is 95.0 Å². The predicted octanol–water partition coefficient (Wildman–Crippen LogP) is 5.12. The summed E-state index contributed by atoms with van der Waals surface area (Å²) in [6.45, 7) is 1.92. The maximum atomic E-state index is 9.05. The molecule has 0 bridgehead atoms. The third-order valence-corrected chi connectivity index (χ3v) is 6.61. The lowest BCUT2D eigenvalue weighted by Crippen LogP contribution is -2.38. The van der Waals surface area contributed by atoms with E-state index in [-0.39, 0.29) is 30.5 Å². The molecule has 0 N–H and O–H groups in total. The molecule has 3 nitrogen and oxygen atoms in total. The first-order chi connectivity index (χ1) is 11.7. The number of halogens is 1. The van der Waals surface area contributed by atoms with Crippen molar-refractivity contribution in [2.75, 3.05) is 0 Å². The molecule has 1 unspecified atom stereocenters. The van der Waals surface area contributed by atoms with Crippen LogP contribution < -0.4 is 0 Å². The summed E-state index contributed by atoms with van der Waals surface area (Å²) in [7, 11) is -0.332. The lowest BCUT2D eigenvalue weighted by atomic mass is 9.77. The second-order valence-corrected chi connectivity index (χ2v) is 8.71. The first-order valence-corrected chi connectivity index (χ1v) is 10.5. The van der Waals surface area contributed by atoms with E-state index >= 15 is 0 Å². The second kappa shape index (κ2) is 8.92. The number of hydrogen-bond acceptors (Lipinski definition) is 3. The van der Waals surface area contributed by atoms with Crippen molar-refractivity contribution in [3.05, 3.63) is 0 Å². The Hall–Kier alpha value is -0.235. The molecular weight excluding hydrogens is 320 g/mol. The third-order valence-electron chi connectivity index (χ3n) is 6.23. The van der Waals surface area contributed by atoms with Crippen molar-refractivity contribution in [3.63, 3.8) is 0 Å². The summed E-state index contributed by atoms with van der Waals surface area (Å²) >= 11 is 6.57. The van der Waals surface area contributed by atoms with Crippen molar-refractivity contribution in [2.24, 2.45) is 17.8 Å². The summed E-state index contributed by atoms with van der Waals surface area (Å²) in [5.74, 6) is 1.21. The van der Waals surface area contributed by atoms with E-state index < -0.39 is 0 Å². The summed E-state index contributed by atoms with van der Waals surface area (Å²) in [4.78, 5) is 0. The SMILES string of the molecule is CC(C#N)C[C@@H](Cl)B1O[C@H](C2CCCCC2)[C@@H](C2CCCCC2)O1. The van der Waals surface area contributed by atoms with E-state index in [1.165, 1.54) is 64.2 Å². The van der Waals surface area contributed by atoms with Gasteiger partial charge >= 0.3 is 7.12 Å². The molecule has 0 spiro atoms. The number of nitriles is 1. The van der Waals surface area contributed by atoms with Gasteiger partial charge in [-0.15, -0.1) is 11.6 Å². The average molecular weight is 352 g/mol. The Bertz CT molecular complexity index is 406. The van der Waals surface area contributed by atoms with Gasteiger partial charge in [0.15, 0.2) is 0 Å². The van der Waals surface area contributed by atoms with Crippen molar-refractivity contribution < 1.29 is 9.31 Å². The standard InChI is InChI=1S/C19H31BClNO2/c1-14(13-22)12-17(21)20-23-18(15-8-4-2-5-9-15)19(24-20)16-10-6-3-7-11-16/h14-19H,2-12H2,1H3/t14?,17-,18-,19-/m1/s1. The lowest BCUT2D eigenvalue weighted by molar-refractivity contribution is 0.0324. The van der Waals surface area contributed by atoms with E-state index in [4.69, 9.17) is 26.2 Å². The van der Waals surface area contributed by atoms with E-state index in [2.05, 4.69) is 6.07 Å². The van der Waals surface area contributed by atoms with Gasteiger partial charge in [0.05, 0.1) is 23.6 Å². The van der Waals surface area contributed by atoms with Gasteiger partial charge in [-0.1, -0.05) is 38.5 Å². The van der Waals surface area contributed by atoms with Gasteiger partial charge in [-0.3, -0.25) is 0 Å². The molecule has 3 fully saturated rings. The van der Waals surface area contributed by atoms with Crippen molar-refractivity contribution >= 4 is 18.7 Å². The second-order valence-electron chi connectivity index (χ2n) is 8.15. The summed E-state index contributed by atoms with van der Waals surface area (Å²) in [6, 6.07) is 2.27. The summed E-state index contributed by atoms with van der Waals surface area (Å²) in [5, 5.41) is 8.83. The molecule has 0 aromatic heterocycles. The molecule has 5 heteroatoms. The highest BCUT2D eigenvalue weighted by Gasteiger charge is 2.49. The van der Waals surface area contributed by atoms with Crippen LogP contribution in [0, 0.1) is 29.1 Å². The molecule has 0 aromatic rings. The summed E-state index contributed by atoms with van der Waals surface area (Å²) in [6.07, 6.45) is 14.2. The molecular formula is C19H31BClNO2. The maximum Gasteiger partial charge on any atom is 0.476 e. The van der Waals surface area contributed by atoms with Gasteiger partial charge in [0.25, 0.3) is 0 Å². The molecule has 0 aromatic carbocycles. The largest absolute Gasteiger partial charge is 0.476 e. The predicted molar refractivity (Wildman–Crippen MR) is 97.7 cm³/mol. The quantitative estimate of drug-likeness (QED) is 0.510. The Labute approximate surface area is 152 Å². The van der Waals surface area contributed by atoms with Gasteiger partial charge in [-0.25, -0.2) is 0 Å².